The Labute approximate surface area is 305 Å². The van der Waals surface area contributed by atoms with E-state index in [0.717, 1.165) is 50.2 Å². The molecule has 0 spiro atoms. The van der Waals surface area contributed by atoms with Gasteiger partial charge in [-0.3, -0.25) is 0 Å². The van der Waals surface area contributed by atoms with Crippen molar-refractivity contribution < 1.29 is 64.0 Å². The summed E-state index contributed by atoms with van der Waals surface area (Å²) in [6.45, 7) is 26.4. The van der Waals surface area contributed by atoms with Crippen LogP contribution in [0.25, 0.3) is 0 Å². The molecule has 2 aromatic carbocycles. The Morgan fingerprint density at radius 3 is 1.16 bits per heavy atom. The van der Waals surface area contributed by atoms with E-state index in [1.807, 2.05) is 0 Å². The minimum Gasteiger partial charge on any atom is -0.839 e. The van der Waals surface area contributed by atoms with Crippen LogP contribution in [-0.4, -0.2) is 60.4 Å². The molecule has 5 nitrogen and oxygen atoms in total. The van der Waals surface area contributed by atoms with Crippen LogP contribution < -0.4 is 5.11 Å². The molecular weight excluding hydrogens is 717 g/mol. The molecule has 2 aliphatic rings. The molecule has 1 saturated heterocycles. The van der Waals surface area contributed by atoms with Crippen LogP contribution in [0.1, 0.15) is 142 Å². The maximum absolute atomic E-state index is 11.5. The second kappa shape index (κ2) is 14.7. The molecule has 0 aromatic heterocycles. The largest absolute Gasteiger partial charge is 0.839 e. The molecule has 12 heteroatoms. The summed E-state index contributed by atoms with van der Waals surface area (Å²) >= 11 is 1.10. The van der Waals surface area contributed by atoms with E-state index >= 15 is 0 Å². The van der Waals surface area contributed by atoms with Gasteiger partial charge in [-0.25, -0.2) is 0 Å². The minimum absolute atomic E-state index is 0.0216. The van der Waals surface area contributed by atoms with E-state index in [1.54, 1.807) is 0 Å². The smallest absolute Gasteiger partial charge is 0.385 e. The van der Waals surface area contributed by atoms with Crippen molar-refractivity contribution in [3.63, 3.8) is 0 Å². The summed E-state index contributed by atoms with van der Waals surface area (Å²) < 4.78 is 70.3. The van der Waals surface area contributed by atoms with Crippen LogP contribution in [0.2, 0.25) is 0 Å². The molecule has 1 aliphatic heterocycles. The summed E-state index contributed by atoms with van der Waals surface area (Å²) in [7, 11) is 0. The van der Waals surface area contributed by atoms with Gasteiger partial charge in [0.25, 0.3) is 0 Å². The second-order valence-electron chi connectivity index (χ2n) is 17.8. The van der Waals surface area contributed by atoms with E-state index in [1.165, 1.54) is 24.0 Å². The molecule has 1 heterocycles. The third kappa shape index (κ3) is 10.5. The van der Waals surface area contributed by atoms with Crippen molar-refractivity contribution in [3.8, 4) is 11.5 Å². The van der Waals surface area contributed by atoms with Gasteiger partial charge < -0.3 is 5.11 Å². The molecule has 1 aliphatic carbocycles. The Hall–Kier alpha value is -2.57. The molecule has 4 rings (SSSR count). The molecule has 2 fully saturated rings. The molecule has 0 bridgehead atoms. The van der Waals surface area contributed by atoms with Crippen LogP contribution in [0.4, 0.5) is 26.3 Å². The first-order chi connectivity index (χ1) is 22.8. The van der Waals surface area contributed by atoms with Crippen molar-refractivity contribution in [2.24, 2.45) is 0 Å². The summed E-state index contributed by atoms with van der Waals surface area (Å²) in [5, 5.41) is 32.3. The maximum atomic E-state index is 11.5. The molecule has 0 amide bonds. The number of aromatic hydroxyl groups is 2. The van der Waals surface area contributed by atoms with Gasteiger partial charge in [-0.1, -0.05) is 0 Å². The van der Waals surface area contributed by atoms with Gasteiger partial charge in [0, 0.05) is 0 Å². The third-order valence-electron chi connectivity index (χ3n) is 9.19. The number of nitrogens with zero attached hydrogens (tertiary/aromatic N) is 2. The minimum atomic E-state index is -5.74. The van der Waals surface area contributed by atoms with Gasteiger partial charge in [0.15, 0.2) is 0 Å². The first-order valence-electron chi connectivity index (χ1n) is 17.3. The van der Waals surface area contributed by atoms with Gasteiger partial charge in [0.2, 0.25) is 0 Å². The first kappa shape index (κ1) is 42.8. The predicted octanol–water partition coefficient (Wildman–Crippen LogP) is 8.93. The second-order valence-corrected chi connectivity index (χ2v) is 19.1. The Balaban J connectivity index is 0.000000612. The number of fused-ring (bicyclic) bond motifs is 1. The Kier molecular flexibility index (Phi) is 12.3. The topological polar surface area (TPSA) is 69.5 Å². The molecule has 1 saturated carbocycles. The van der Waals surface area contributed by atoms with E-state index < -0.39 is 18.5 Å². The Bertz CT molecular complexity index is 1520. The van der Waals surface area contributed by atoms with E-state index in [9.17, 15) is 41.7 Å². The van der Waals surface area contributed by atoms with Gasteiger partial charge in [0.05, 0.1) is 6.10 Å². The molecule has 51 heavy (non-hydrogen) atoms. The normalized spacial score (nSPS) is 21.0. The summed E-state index contributed by atoms with van der Waals surface area (Å²) in [6.07, 6.45) is -6.87. The van der Waals surface area contributed by atoms with Crippen molar-refractivity contribution in [1.82, 2.24) is 0 Å². The van der Waals surface area contributed by atoms with Crippen LogP contribution in [-0.2, 0) is 36.8 Å². The van der Waals surface area contributed by atoms with Crippen LogP contribution in [0.15, 0.2) is 24.3 Å². The summed E-state index contributed by atoms with van der Waals surface area (Å²) in [5.41, 5.74) is 5.89. The third-order valence-corrected chi connectivity index (χ3v) is 10.6. The van der Waals surface area contributed by atoms with Crippen LogP contribution in [0.5, 0.6) is 11.5 Å². The van der Waals surface area contributed by atoms with Gasteiger partial charge >= 0.3 is 269 Å². The standard InChI is InChI=1S/C36H54N2O2.C3HF6O.Co/c1-33(2,3)25-17-23(31(39)27(19-25)35(7,8)9)21-37-29-15-13-14-16-30(29)38-22-24-18-26(34(4,5)6)20-28(32(24)40)36(10,11)12;4-2(5,6)1(10)3(7,8)9;/h17-22,29-30,39-40H,13-16H2,1-12H3;1H;/q;-1;+2. The van der Waals surface area contributed by atoms with E-state index in [0.29, 0.717) is 23.6 Å². The van der Waals surface area contributed by atoms with Crippen molar-refractivity contribution >= 4 is 12.4 Å². The quantitative estimate of drug-likeness (QED) is 0.300. The first-order valence-corrected chi connectivity index (χ1v) is 18.2. The molecule has 2 unspecified atom stereocenters. The number of phenols is 2. The van der Waals surface area contributed by atoms with Gasteiger partial charge in [-0.05, 0) is 0 Å². The summed E-state index contributed by atoms with van der Waals surface area (Å²) in [5.74, 6) is 0.778. The summed E-state index contributed by atoms with van der Waals surface area (Å²) in [4.78, 5) is 0. The average Bonchev–Trinajstić information content (AvgIpc) is 3.28. The molecular formula is C39H55CoF6N2O3+. The predicted molar refractivity (Wildman–Crippen MR) is 184 cm³/mol. The zero-order valence-corrected chi connectivity index (χ0v) is 32.9. The molecule has 2 atom stereocenters. The van der Waals surface area contributed by atoms with Crippen LogP contribution in [0, 0.1) is 0 Å². The van der Waals surface area contributed by atoms with E-state index in [2.05, 4.69) is 127 Å². The monoisotopic (exact) mass is 772 g/mol. The zero-order valence-electron chi connectivity index (χ0n) is 31.8. The molecule has 2 N–H and O–H groups in total. The van der Waals surface area contributed by atoms with Gasteiger partial charge in [-0.15, -0.1) is 0 Å². The van der Waals surface area contributed by atoms with Crippen LogP contribution >= 0.6 is 0 Å². The number of hydrogen-bond donors (Lipinski definition) is 2. The Morgan fingerprint density at radius 1 is 0.608 bits per heavy atom. The Morgan fingerprint density at radius 2 is 0.922 bits per heavy atom. The maximum Gasteiger partial charge on any atom is 0.385 e. The number of alkyl halides is 6. The number of halogens is 6. The van der Waals surface area contributed by atoms with Gasteiger partial charge in [0.1, 0.15) is 0 Å². The number of benzene rings is 2. The van der Waals surface area contributed by atoms with E-state index in [-0.39, 0.29) is 21.7 Å². The fourth-order valence-electron chi connectivity index (χ4n) is 6.02. The number of phenolic OH excluding ortho intramolecular Hbond substituents is 2. The molecule has 0 radical (unpaired) electrons. The molecule has 289 valence electrons. The SMILES string of the molecule is CC(C)(C)c1cc(C=[N+]2[Co][N+](=Cc3cc(C(C)(C)C)cc(C(C)(C)C)c3O)C3CCCCC32)c(O)c(C(C)(C)C)c1.[O-]C(C(F)(F)F)C(F)(F)F. The van der Waals surface area contributed by atoms with Gasteiger partial charge in [-0.2, -0.15) is 26.3 Å². The number of rotatable bonds is 2. The van der Waals surface area contributed by atoms with Crippen molar-refractivity contribution in [2.75, 3.05) is 0 Å². The van der Waals surface area contributed by atoms with Crippen molar-refractivity contribution in [2.45, 2.75) is 161 Å². The zero-order chi connectivity index (χ0) is 39.3. The van der Waals surface area contributed by atoms with Crippen molar-refractivity contribution in [3.05, 3.63) is 57.6 Å². The van der Waals surface area contributed by atoms with E-state index in [4.69, 9.17) is 0 Å². The van der Waals surface area contributed by atoms with Crippen molar-refractivity contribution in [1.29, 1.82) is 0 Å². The molecule has 2 aromatic rings. The van der Waals surface area contributed by atoms with Crippen LogP contribution in [0.3, 0.4) is 0 Å². The summed E-state index contributed by atoms with van der Waals surface area (Å²) in [6, 6.07) is 9.47. The fraction of sp³-hybridized carbons (Fsp3) is 0.641. The fourth-order valence-corrected chi connectivity index (χ4v) is 7.64. The number of hydrogen-bond acceptors (Lipinski definition) is 3. The average molecular weight is 773 g/mol.